The minimum absolute atomic E-state index is 0.0270. The van der Waals surface area contributed by atoms with Crippen molar-refractivity contribution in [3.05, 3.63) is 29.3 Å². The van der Waals surface area contributed by atoms with E-state index >= 15 is 0 Å². The topological polar surface area (TPSA) is 78.5 Å². The van der Waals surface area contributed by atoms with Gasteiger partial charge in [-0.2, -0.15) is 0 Å². The Kier molecular flexibility index (Phi) is 6.40. The molecule has 0 fully saturated rings. The molecule has 0 heterocycles. The third-order valence-corrected chi connectivity index (χ3v) is 3.18. The lowest BCUT2D eigenvalue weighted by atomic mass is 9.86. The van der Waals surface area contributed by atoms with E-state index in [4.69, 9.17) is 4.74 Å². The zero-order valence-electron chi connectivity index (χ0n) is 13.7. The molecule has 0 unspecified atom stereocenters. The van der Waals surface area contributed by atoms with Crippen LogP contribution in [0.15, 0.2) is 18.2 Å². The van der Waals surface area contributed by atoms with Gasteiger partial charge < -0.3 is 20.0 Å². The Bertz CT molecular complexity index is 532. The minimum Gasteiger partial charge on any atom is -0.550 e. The van der Waals surface area contributed by atoms with Crippen molar-refractivity contribution in [1.82, 2.24) is 5.32 Å². The highest BCUT2D eigenvalue weighted by Gasteiger charge is 2.18. The number of aryl methyl sites for hydroxylation is 1. The number of hydrogen-bond donors (Lipinski definition) is 1. The summed E-state index contributed by atoms with van der Waals surface area (Å²) in [5, 5.41) is 12.9. The molecule has 1 aromatic rings. The third kappa shape index (κ3) is 6.16. The molecule has 0 aliphatic carbocycles. The molecule has 1 amide bonds. The van der Waals surface area contributed by atoms with Crippen molar-refractivity contribution >= 4 is 11.9 Å². The SMILES string of the molecule is Cc1ccc(C(C)(C)C)c(OCCNC(=O)CCC(=O)[O-])c1. The Morgan fingerprint density at radius 2 is 1.91 bits per heavy atom. The molecule has 5 heteroatoms. The average molecular weight is 306 g/mol. The van der Waals surface area contributed by atoms with E-state index in [1.165, 1.54) is 0 Å². The lowest BCUT2D eigenvalue weighted by Crippen LogP contribution is -2.30. The van der Waals surface area contributed by atoms with E-state index in [1.54, 1.807) is 0 Å². The normalized spacial score (nSPS) is 11.1. The molecule has 0 radical (unpaired) electrons. The van der Waals surface area contributed by atoms with Gasteiger partial charge in [0.2, 0.25) is 5.91 Å². The average Bonchev–Trinajstić information content (AvgIpc) is 2.40. The number of carbonyl (C=O) groups is 2. The van der Waals surface area contributed by atoms with E-state index in [9.17, 15) is 14.7 Å². The van der Waals surface area contributed by atoms with Crippen LogP contribution in [0.3, 0.4) is 0 Å². The quantitative estimate of drug-likeness (QED) is 0.771. The lowest BCUT2D eigenvalue weighted by Gasteiger charge is -2.23. The highest BCUT2D eigenvalue weighted by molar-refractivity contribution is 5.79. The van der Waals surface area contributed by atoms with Crippen LogP contribution < -0.4 is 15.2 Å². The lowest BCUT2D eigenvalue weighted by molar-refractivity contribution is -0.305. The molecule has 0 aromatic heterocycles. The van der Waals surface area contributed by atoms with Gasteiger partial charge in [0.15, 0.2) is 0 Å². The van der Waals surface area contributed by atoms with Crippen LogP contribution in [-0.4, -0.2) is 25.0 Å². The molecule has 122 valence electrons. The summed E-state index contributed by atoms with van der Waals surface area (Å²) in [5.74, 6) is -0.717. The highest BCUT2D eigenvalue weighted by atomic mass is 16.5. The summed E-state index contributed by atoms with van der Waals surface area (Å²) in [5.41, 5.74) is 2.20. The van der Waals surface area contributed by atoms with Crippen LogP contribution in [0, 0.1) is 6.92 Å². The summed E-state index contributed by atoms with van der Waals surface area (Å²) in [7, 11) is 0. The number of carboxylic acid groups (broad SMARTS) is 1. The first-order valence-corrected chi connectivity index (χ1v) is 7.40. The van der Waals surface area contributed by atoms with Crippen molar-refractivity contribution in [2.75, 3.05) is 13.2 Å². The molecule has 0 bridgehead atoms. The second-order valence-corrected chi connectivity index (χ2v) is 6.32. The number of benzene rings is 1. The van der Waals surface area contributed by atoms with Gasteiger partial charge in [-0.3, -0.25) is 4.79 Å². The number of carboxylic acids is 1. The van der Waals surface area contributed by atoms with E-state index in [0.29, 0.717) is 13.2 Å². The molecule has 1 rings (SSSR count). The molecular formula is C17H24NO4-. The van der Waals surface area contributed by atoms with Crippen LogP contribution in [0.25, 0.3) is 0 Å². The van der Waals surface area contributed by atoms with Crippen LogP contribution in [0.2, 0.25) is 0 Å². The molecule has 1 N–H and O–H groups in total. The van der Waals surface area contributed by atoms with E-state index in [0.717, 1.165) is 16.9 Å². The largest absolute Gasteiger partial charge is 0.550 e. The zero-order valence-corrected chi connectivity index (χ0v) is 13.7. The molecule has 0 saturated carbocycles. The number of amides is 1. The summed E-state index contributed by atoms with van der Waals surface area (Å²) in [6, 6.07) is 6.09. The van der Waals surface area contributed by atoms with Gasteiger partial charge in [0.25, 0.3) is 0 Å². The Morgan fingerprint density at radius 1 is 1.23 bits per heavy atom. The van der Waals surface area contributed by atoms with Gasteiger partial charge in [0, 0.05) is 12.4 Å². The summed E-state index contributed by atoms with van der Waals surface area (Å²) in [4.78, 5) is 21.6. The molecule has 0 spiro atoms. The maximum atomic E-state index is 11.4. The number of hydrogen-bond acceptors (Lipinski definition) is 4. The maximum absolute atomic E-state index is 11.4. The molecule has 0 aliphatic heterocycles. The monoisotopic (exact) mass is 306 g/mol. The number of aliphatic carboxylic acids is 1. The highest BCUT2D eigenvalue weighted by Crippen LogP contribution is 2.31. The predicted octanol–water partition coefficient (Wildman–Crippen LogP) is 1.32. The second kappa shape index (κ2) is 7.82. The molecule has 1 aromatic carbocycles. The first-order chi connectivity index (χ1) is 10.2. The first kappa shape index (κ1) is 18.0. The van der Waals surface area contributed by atoms with Crippen LogP contribution in [0.1, 0.15) is 44.7 Å². The van der Waals surface area contributed by atoms with Crippen molar-refractivity contribution in [2.24, 2.45) is 0 Å². The van der Waals surface area contributed by atoms with Crippen molar-refractivity contribution in [1.29, 1.82) is 0 Å². The fourth-order valence-corrected chi connectivity index (χ4v) is 2.02. The van der Waals surface area contributed by atoms with E-state index in [-0.39, 0.29) is 24.2 Å². The van der Waals surface area contributed by atoms with Crippen molar-refractivity contribution in [3.63, 3.8) is 0 Å². The van der Waals surface area contributed by atoms with Crippen LogP contribution in [0.4, 0.5) is 0 Å². The van der Waals surface area contributed by atoms with Gasteiger partial charge in [0.1, 0.15) is 12.4 Å². The second-order valence-electron chi connectivity index (χ2n) is 6.32. The Balaban J connectivity index is 2.50. The standard InChI is InChI=1S/C17H25NO4/c1-12-5-6-13(17(2,3)4)14(11-12)22-10-9-18-15(19)7-8-16(20)21/h5-6,11H,7-10H2,1-4H3,(H,18,19)(H,20,21)/p-1. The smallest absolute Gasteiger partial charge is 0.220 e. The Morgan fingerprint density at radius 3 is 2.50 bits per heavy atom. The predicted molar refractivity (Wildman–Crippen MR) is 82.6 cm³/mol. The number of rotatable bonds is 7. The number of carbonyl (C=O) groups excluding carboxylic acids is 2. The summed E-state index contributed by atoms with van der Waals surface area (Å²) >= 11 is 0. The van der Waals surface area contributed by atoms with Crippen LogP contribution >= 0.6 is 0 Å². The Hall–Kier alpha value is -2.04. The molecule has 22 heavy (non-hydrogen) atoms. The summed E-state index contributed by atoms with van der Waals surface area (Å²) in [6.07, 6.45) is -0.335. The van der Waals surface area contributed by atoms with Crippen molar-refractivity contribution < 1.29 is 19.4 Å². The van der Waals surface area contributed by atoms with E-state index in [1.807, 2.05) is 13.0 Å². The van der Waals surface area contributed by atoms with Crippen LogP contribution in [-0.2, 0) is 15.0 Å². The van der Waals surface area contributed by atoms with Gasteiger partial charge in [-0.15, -0.1) is 0 Å². The molecule has 0 aliphatic rings. The maximum Gasteiger partial charge on any atom is 0.220 e. The van der Waals surface area contributed by atoms with Crippen molar-refractivity contribution in [3.8, 4) is 5.75 Å². The van der Waals surface area contributed by atoms with Gasteiger partial charge in [-0.05, 0) is 36.0 Å². The number of nitrogens with one attached hydrogen (secondary N) is 1. The van der Waals surface area contributed by atoms with Gasteiger partial charge >= 0.3 is 0 Å². The fourth-order valence-electron chi connectivity index (χ4n) is 2.02. The van der Waals surface area contributed by atoms with Gasteiger partial charge in [-0.1, -0.05) is 32.9 Å². The number of ether oxygens (including phenoxy) is 1. The molecule has 0 atom stereocenters. The summed E-state index contributed by atoms with van der Waals surface area (Å²) < 4.78 is 5.78. The van der Waals surface area contributed by atoms with Gasteiger partial charge in [0.05, 0.1) is 6.54 Å². The molecular weight excluding hydrogens is 282 g/mol. The van der Waals surface area contributed by atoms with Crippen molar-refractivity contribution in [2.45, 2.75) is 46.0 Å². The minimum atomic E-state index is -1.22. The fraction of sp³-hybridized carbons (Fsp3) is 0.529. The zero-order chi connectivity index (χ0) is 16.8. The van der Waals surface area contributed by atoms with E-state index in [2.05, 4.69) is 38.2 Å². The Labute approximate surface area is 131 Å². The summed E-state index contributed by atoms with van der Waals surface area (Å²) in [6.45, 7) is 9.03. The van der Waals surface area contributed by atoms with E-state index < -0.39 is 5.97 Å². The third-order valence-electron chi connectivity index (χ3n) is 3.18. The van der Waals surface area contributed by atoms with Gasteiger partial charge in [-0.25, -0.2) is 0 Å². The van der Waals surface area contributed by atoms with Crippen LogP contribution in [0.5, 0.6) is 5.75 Å². The molecule has 0 saturated heterocycles. The first-order valence-electron chi connectivity index (χ1n) is 7.40. The molecule has 5 nitrogen and oxygen atoms in total.